The van der Waals surface area contributed by atoms with Crippen molar-refractivity contribution in [2.24, 2.45) is 0 Å². The first-order valence-corrected chi connectivity index (χ1v) is 14.9. The van der Waals surface area contributed by atoms with Crippen molar-refractivity contribution in [2.45, 2.75) is 62.6 Å². The van der Waals surface area contributed by atoms with E-state index in [4.69, 9.17) is 11.6 Å². The second-order valence-electron chi connectivity index (χ2n) is 11.2. The molecule has 45 heavy (non-hydrogen) atoms. The van der Waals surface area contributed by atoms with Crippen LogP contribution in [0.25, 0.3) is 10.9 Å². The highest BCUT2D eigenvalue weighted by Gasteiger charge is 2.45. The second kappa shape index (κ2) is 12.2. The number of fused-ring (bicyclic) bond motifs is 1. The highest BCUT2D eigenvalue weighted by atomic mass is 35.5. The fraction of sp³-hybridized carbons (Fsp3) is 0.312. The van der Waals surface area contributed by atoms with Crippen molar-refractivity contribution in [1.29, 1.82) is 5.26 Å². The van der Waals surface area contributed by atoms with Gasteiger partial charge in [-0.3, -0.25) is 29.3 Å². The van der Waals surface area contributed by atoms with E-state index < -0.39 is 35.9 Å². The number of rotatable bonds is 7. The molecule has 3 heterocycles. The molecule has 2 unspecified atom stereocenters. The molecular weight excluding hydrogens is 604 g/mol. The van der Waals surface area contributed by atoms with Gasteiger partial charge in [-0.15, -0.1) is 0 Å². The fourth-order valence-corrected chi connectivity index (χ4v) is 6.26. The molecule has 1 aliphatic carbocycles. The van der Waals surface area contributed by atoms with Crippen LogP contribution in [-0.4, -0.2) is 50.9 Å². The largest absolute Gasteiger partial charge is 0.351 e. The molecule has 2 atom stereocenters. The number of nitriles is 1. The lowest BCUT2D eigenvalue weighted by Crippen LogP contribution is -2.53. The van der Waals surface area contributed by atoms with Crippen LogP contribution in [0, 0.1) is 11.3 Å². The van der Waals surface area contributed by atoms with Gasteiger partial charge in [-0.05, 0) is 55.7 Å². The van der Waals surface area contributed by atoms with Gasteiger partial charge in [-0.2, -0.15) is 10.4 Å². The average Bonchev–Trinajstić information content (AvgIpc) is 3.67. The number of benzene rings is 2. The van der Waals surface area contributed by atoms with E-state index in [0.29, 0.717) is 16.8 Å². The number of amides is 3. The van der Waals surface area contributed by atoms with Gasteiger partial charge in [0.05, 0.1) is 23.3 Å². The summed E-state index contributed by atoms with van der Waals surface area (Å²) in [6.45, 7) is 0. The number of carbonyl (C=O) groups excluding carboxylic acids is 3. The zero-order valence-corrected chi connectivity index (χ0v) is 24.7. The Balaban J connectivity index is 1.46. The van der Waals surface area contributed by atoms with Crippen LogP contribution in [0.4, 0.5) is 20.3 Å². The molecule has 0 bridgehead atoms. The molecule has 2 aromatic heterocycles. The summed E-state index contributed by atoms with van der Waals surface area (Å²) in [5, 5.41) is 20.3. The maximum absolute atomic E-state index is 14.8. The maximum Gasteiger partial charge on any atom is 0.251 e. The summed E-state index contributed by atoms with van der Waals surface area (Å²) >= 11 is 6.66. The molecule has 1 saturated carbocycles. The van der Waals surface area contributed by atoms with Gasteiger partial charge in [0.1, 0.15) is 17.9 Å². The standard InChI is InChI=1S/C32H28ClF2N7O3/c33-24-4-2-1-3-23(24)29(30(44)39-21-9-12-32(34,35)13-10-21)41(22-6-5-20-18-38-40-25(20)16-22)31(45)26-7-8-28(43)42(26)27-15-19(17-36)11-14-37-27/h1-6,11,14-16,18,21,26,29H,7-10,12-13H2,(H,38,40)(H,39,44). The van der Waals surface area contributed by atoms with Crippen molar-refractivity contribution < 1.29 is 23.2 Å². The Morgan fingerprint density at radius 1 is 1.13 bits per heavy atom. The third-order valence-corrected chi connectivity index (χ3v) is 8.67. The average molecular weight is 632 g/mol. The Labute approximate surface area is 262 Å². The van der Waals surface area contributed by atoms with Crippen molar-refractivity contribution in [3.05, 3.63) is 83.1 Å². The molecule has 0 radical (unpaired) electrons. The van der Waals surface area contributed by atoms with Gasteiger partial charge in [0.25, 0.3) is 5.91 Å². The summed E-state index contributed by atoms with van der Waals surface area (Å²) in [4.78, 5) is 49.1. The van der Waals surface area contributed by atoms with E-state index in [1.165, 1.54) is 28.1 Å². The first kappa shape index (κ1) is 30.1. The van der Waals surface area contributed by atoms with Gasteiger partial charge in [0, 0.05) is 53.2 Å². The van der Waals surface area contributed by atoms with Gasteiger partial charge < -0.3 is 5.32 Å². The highest BCUT2D eigenvalue weighted by Crippen LogP contribution is 2.38. The zero-order chi connectivity index (χ0) is 31.7. The minimum absolute atomic E-state index is 0.0432. The normalized spacial score (nSPS) is 18.8. The van der Waals surface area contributed by atoms with Crippen LogP contribution in [0.15, 0.2) is 67.0 Å². The molecule has 10 nitrogen and oxygen atoms in total. The first-order valence-electron chi connectivity index (χ1n) is 14.5. The Hall–Kier alpha value is -4.89. The topological polar surface area (TPSA) is 135 Å². The molecule has 2 fully saturated rings. The SMILES string of the molecule is N#Cc1ccnc(N2C(=O)CCC2C(=O)N(c2ccc3cn[nH]c3c2)C(C(=O)NC2CCC(F)(F)CC2)c2ccccc2Cl)c1. The van der Waals surface area contributed by atoms with E-state index in [-0.39, 0.29) is 60.8 Å². The summed E-state index contributed by atoms with van der Waals surface area (Å²) < 4.78 is 27.9. The maximum atomic E-state index is 14.8. The number of anilines is 2. The number of hydrogen-bond donors (Lipinski definition) is 2. The molecule has 2 aromatic carbocycles. The van der Waals surface area contributed by atoms with E-state index in [9.17, 15) is 28.4 Å². The van der Waals surface area contributed by atoms with Crippen molar-refractivity contribution in [3.63, 3.8) is 0 Å². The molecule has 0 spiro atoms. The van der Waals surface area contributed by atoms with Crippen LogP contribution in [0.1, 0.15) is 55.7 Å². The quantitative estimate of drug-likeness (QED) is 0.279. The highest BCUT2D eigenvalue weighted by molar-refractivity contribution is 6.31. The van der Waals surface area contributed by atoms with E-state index in [0.717, 1.165) is 5.39 Å². The number of carbonyl (C=O) groups is 3. The predicted molar refractivity (Wildman–Crippen MR) is 163 cm³/mol. The fourth-order valence-electron chi connectivity index (χ4n) is 6.02. The van der Waals surface area contributed by atoms with Crippen molar-refractivity contribution >= 4 is 51.7 Å². The van der Waals surface area contributed by atoms with Crippen molar-refractivity contribution in [1.82, 2.24) is 20.5 Å². The number of hydrogen-bond acceptors (Lipinski definition) is 6. The predicted octanol–water partition coefficient (Wildman–Crippen LogP) is 5.45. The molecule has 2 N–H and O–H groups in total. The first-order chi connectivity index (χ1) is 21.6. The zero-order valence-electron chi connectivity index (χ0n) is 23.9. The lowest BCUT2D eigenvalue weighted by atomic mass is 9.91. The molecule has 1 saturated heterocycles. The summed E-state index contributed by atoms with van der Waals surface area (Å²) in [7, 11) is 0. The molecule has 3 amide bonds. The number of halogens is 3. The van der Waals surface area contributed by atoms with Gasteiger partial charge in [0.15, 0.2) is 0 Å². The van der Waals surface area contributed by atoms with Crippen LogP contribution in [0.3, 0.4) is 0 Å². The lowest BCUT2D eigenvalue weighted by Gasteiger charge is -2.37. The minimum atomic E-state index is -2.79. The number of aromatic nitrogens is 3. The van der Waals surface area contributed by atoms with Gasteiger partial charge in [-0.25, -0.2) is 13.8 Å². The molecule has 13 heteroatoms. The third-order valence-electron chi connectivity index (χ3n) is 8.33. The monoisotopic (exact) mass is 631 g/mol. The Morgan fingerprint density at radius 2 is 1.91 bits per heavy atom. The number of nitrogens with zero attached hydrogens (tertiary/aromatic N) is 5. The van der Waals surface area contributed by atoms with Gasteiger partial charge in [0.2, 0.25) is 17.7 Å². The lowest BCUT2D eigenvalue weighted by molar-refractivity contribution is -0.128. The number of pyridine rings is 1. The van der Waals surface area contributed by atoms with Crippen LogP contribution >= 0.6 is 11.6 Å². The molecule has 2 aliphatic rings. The second-order valence-corrected chi connectivity index (χ2v) is 11.7. The van der Waals surface area contributed by atoms with E-state index >= 15 is 0 Å². The van der Waals surface area contributed by atoms with E-state index in [2.05, 4.69) is 20.5 Å². The van der Waals surface area contributed by atoms with Crippen molar-refractivity contribution in [2.75, 3.05) is 9.80 Å². The summed E-state index contributed by atoms with van der Waals surface area (Å²) in [6.07, 6.45) is 2.62. The number of nitrogens with one attached hydrogen (secondary N) is 2. The molecular formula is C32H28ClF2N7O3. The van der Waals surface area contributed by atoms with E-state index in [1.54, 1.807) is 48.7 Å². The molecule has 4 aromatic rings. The van der Waals surface area contributed by atoms with E-state index in [1.807, 2.05) is 6.07 Å². The smallest absolute Gasteiger partial charge is 0.251 e. The number of alkyl halides is 2. The number of H-pyrrole nitrogens is 1. The summed E-state index contributed by atoms with van der Waals surface area (Å²) in [6, 6.07) is 13.7. The Kier molecular flexibility index (Phi) is 8.20. The van der Waals surface area contributed by atoms with Gasteiger partial charge in [-0.1, -0.05) is 29.8 Å². The van der Waals surface area contributed by atoms with Crippen LogP contribution in [-0.2, 0) is 14.4 Å². The van der Waals surface area contributed by atoms with Crippen LogP contribution in [0.5, 0.6) is 0 Å². The Bertz CT molecular complexity index is 1810. The molecule has 1 aliphatic heterocycles. The van der Waals surface area contributed by atoms with Gasteiger partial charge >= 0.3 is 0 Å². The third kappa shape index (κ3) is 6.08. The Morgan fingerprint density at radius 3 is 2.67 bits per heavy atom. The number of aromatic amines is 1. The van der Waals surface area contributed by atoms with Crippen molar-refractivity contribution in [3.8, 4) is 6.07 Å². The minimum Gasteiger partial charge on any atom is -0.351 e. The molecule has 6 rings (SSSR count). The summed E-state index contributed by atoms with van der Waals surface area (Å²) in [5.41, 5.74) is 1.50. The van der Waals surface area contributed by atoms with Crippen LogP contribution in [0.2, 0.25) is 5.02 Å². The van der Waals surface area contributed by atoms with Crippen LogP contribution < -0.4 is 15.1 Å². The molecule has 230 valence electrons. The summed E-state index contributed by atoms with van der Waals surface area (Å²) in [5.74, 6) is -4.20.